The number of rotatable bonds is 2. The maximum absolute atomic E-state index is 10.9. The zero-order chi connectivity index (χ0) is 10.1. The maximum atomic E-state index is 10.9. The molecule has 1 aromatic carbocycles. The molecule has 74 valence electrons. The van der Waals surface area contributed by atoms with Gasteiger partial charge < -0.3 is 10.2 Å². The van der Waals surface area contributed by atoms with E-state index in [0.29, 0.717) is 5.58 Å². The van der Waals surface area contributed by atoms with Gasteiger partial charge in [0.2, 0.25) is 0 Å². The fraction of sp³-hybridized carbons (Fsp3) is 0.300. The summed E-state index contributed by atoms with van der Waals surface area (Å²) in [7, 11) is 0. The molecule has 0 fully saturated rings. The number of hydrogen-bond acceptors (Lipinski definition) is 4. The van der Waals surface area contributed by atoms with Gasteiger partial charge in [0, 0.05) is 6.04 Å². The Kier molecular flexibility index (Phi) is 2.39. The monoisotopic (exact) mass is 209 g/mol. The number of benzene rings is 1. The Balaban J connectivity index is 2.45. The van der Waals surface area contributed by atoms with E-state index in [-0.39, 0.29) is 11.0 Å². The number of hydrogen-bond donors (Lipinski definition) is 1. The Morgan fingerprint density at radius 2 is 2.36 bits per heavy atom. The van der Waals surface area contributed by atoms with Crippen molar-refractivity contribution in [3.63, 3.8) is 0 Å². The van der Waals surface area contributed by atoms with Crippen LogP contribution < -0.4 is 10.7 Å². The van der Waals surface area contributed by atoms with Crippen LogP contribution >= 0.6 is 11.3 Å². The summed E-state index contributed by atoms with van der Waals surface area (Å²) in [5.74, 6) is 0. The van der Waals surface area contributed by atoms with Crippen molar-refractivity contribution in [1.82, 2.24) is 0 Å². The predicted octanol–water partition coefficient (Wildman–Crippen LogP) is 1.74. The fourth-order valence-electron chi connectivity index (χ4n) is 1.42. The highest BCUT2D eigenvalue weighted by Crippen LogP contribution is 2.18. The second kappa shape index (κ2) is 3.55. The summed E-state index contributed by atoms with van der Waals surface area (Å²) in [6.07, 6.45) is 0.821. The molecule has 1 atom stereocenters. The molecule has 0 aliphatic rings. The van der Waals surface area contributed by atoms with Crippen molar-refractivity contribution in [3.8, 4) is 0 Å². The molecule has 1 unspecified atom stereocenters. The molecule has 1 aromatic heterocycles. The van der Waals surface area contributed by atoms with Gasteiger partial charge in [0.25, 0.3) is 0 Å². The van der Waals surface area contributed by atoms with E-state index in [1.54, 1.807) is 0 Å². The molecule has 14 heavy (non-hydrogen) atoms. The molecule has 0 aliphatic heterocycles. The molecule has 1 heterocycles. The van der Waals surface area contributed by atoms with E-state index in [4.69, 9.17) is 10.2 Å². The molecule has 2 aromatic rings. The molecule has 0 radical (unpaired) electrons. The standard InChI is InChI=1S/C10H11NO2S/c1-6(11)4-7-2-3-8-9(5-7)14-10(12)13-8/h2-3,5-6H,4,11H2,1H3. The van der Waals surface area contributed by atoms with Crippen molar-refractivity contribution >= 4 is 21.6 Å². The lowest BCUT2D eigenvalue weighted by atomic mass is 10.1. The third kappa shape index (κ3) is 1.86. The molecule has 3 nitrogen and oxygen atoms in total. The number of fused-ring (bicyclic) bond motifs is 1. The van der Waals surface area contributed by atoms with Crippen LogP contribution in [0.5, 0.6) is 0 Å². The highest BCUT2D eigenvalue weighted by molar-refractivity contribution is 7.16. The molecule has 4 heteroatoms. The van der Waals surface area contributed by atoms with Gasteiger partial charge in [0.15, 0.2) is 0 Å². The first-order valence-corrected chi connectivity index (χ1v) is 5.25. The Morgan fingerprint density at radius 3 is 3.07 bits per heavy atom. The van der Waals surface area contributed by atoms with E-state index < -0.39 is 0 Å². The minimum absolute atomic E-state index is 0.135. The minimum Gasteiger partial charge on any atom is -0.414 e. The molecule has 2 rings (SSSR count). The van der Waals surface area contributed by atoms with Crippen LogP contribution in [-0.4, -0.2) is 6.04 Å². The highest BCUT2D eigenvalue weighted by Gasteiger charge is 2.04. The molecule has 2 N–H and O–H groups in total. The van der Waals surface area contributed by atoms with Crippen molar-refractivity contribution in [1.29, 1.82) is 0 Å². The summed E-state index contributed by atoms with van der Waals surface area (Å²) in [4.78, 5) is 10.7. The zero-order valence-corrected chi connectivity index (χ0v) is 8.64. The third-order valence-electron chi connectivity index (χ3n) is 1.95. The second-order valence-electron chi connectivity index (χ2n) is 3.42. The van der Waals surface area contributed by atoms with E-state index >= 15 is 0 Å². The van der Waals surface area contributed by atoms with E-state index in [1.165, 1.54) is 0 Å². The minimum atomic E-state index is -0.252. The van der Waals surface area contributed by atoms with Gasteiger partial charge in [-0.25, -0.2) is 4.79 Å². The van der Waals surface area contributed by atoms with Crippen LogP contribution in [0.4, 0.5) is 0 Å². The van der Waals surface area contributed by atoms with Crippen LogP contribution in [0.25, 0.3) is 10.3 Å². The first kappa shape index (κ1) is 9.43. The van der Waals surface area contributed by atoms with Crippen LogP contribution in [0.3, 0.4) is 0 Å². The molecular formula is C10H11NO2S. The largest absolute Gasteiger partial charge is 0.414 e. The van der Waals surface area contributed by atoms with Crippen LogP contribution in [-0.2, 0) is 6.42 Å². The quantitative estimate of drug-likeness (QED) is 0.819. The van der Waals surface area contributed by atoms with E-state index in [0.717, 1.165) is 28.0 Å². The average Bonchev–Trinajstić information content (AvgIpc) is 2.42. The lowest BCUT2D eigenvalue weighted by molar-refractivity contribution is 0.585. The number of nitrogens with two attached hydrogens (primary N) is 1. The van der Waals surface area contributed by atoms with Crippen LogP contribution in [0.1, 0.15) is 12.5 Å². The second-order valence-corrected chi connectivity index (χ2v) is 4.39. The zero-order valence-electron chi connectivity index (χ0n) is 7.82. The molecule has 0 saturated heterocycles. The van der Waals surface area contributed by atoms with Crippen molar-refractivity contribution in [3.05, 3.63) is 33.5 Å². The van der Waals surface area contributed by atoms with Gasteiger partial charge in [-0.3, -0.25) is 0 Å². The molecule has 0 amide bonds. The van der Waals surface area contributed by atoms with Crippen molar-refractivity contribution in [2.45, 2.75) is 19.4 Å². The van der Waals surface area contributed by atoms with E-state index in [1.807, 2.05) is 25.1 Å². The Labute approximate surface area is 85.2 Å². The maximum Gasteiger partial charge on any atom is 0.396 e. The van der Waals surface area contributed by atoms with Gasteiger partial charge in [0.1, 0.15) is 5.58 Å². The molecule has 0 aliphatic carbocycles. The van der Waals surface area contributed by atoms with Crippen molar-refractivity contribution in [2.75, 3.05) is 0 Å². The first-order chi connectivity index (χ1) is 6.65. The summed E-state index contributed by atoms with van der Waals surface area (Å²) in [5.41, 5.74) is 7.50. The lowest BCUT2D eigenvalue weighted by Crippen LogP contribution is -2.17. The van der Waals surface area contributed by atoms with Crippen molar-refractivity contribution in [2.24, 2.45) is 5.73 Å². The highest BCUT2D eigenvalue weighted by atomic mass is 32.1. The summed E-state index contributed by atoms with van der Waals surface area (Å²) in [5, 5.41) is 0. The summed E-state index contributed by atoms with van der Waals surface area (Å²) in [6.45, 7) is 1.96. The third-order valence-corrected chi connectivity index (χ3v) is 2.74. The normalized spacial score (nSPS) is 13.3. The van der Waals surface area contributed by atoms with Gasteiger partial charge in [0.05, 0.1) is 4.70 Å². The molecule has 0 bridgehead atoms. The lowest BCUT2D eigenvalue weighted by Gasteiger charge is -2.03. The van der Waals surface area contributed by atoms with Gasteiger partial charge in [-0.2, -0.15) is 0 Å². The van der Waals surface area contributed by atoms with Gasteiger partial charge in [-0.15, -0.1) is 0 Å². The molecule has 0 saturated carbocycles. The molecule has 0 spiro atoms. The molecular weight excluding hydrogens is 198 g/mol. The Bertz CT molecular complexity index is 498. The Hall–Kier alpha value is -1.13. The average molecular weight is 209 g/mol. The first-order valence-electron chi connectivity index (χ1n) is 4.43. The Morgan fingerprint density at radius 1 is 1.57 bits per heavy atom. The van der Waals surface area contributed by atoms with Gasteiger partial charge in [-0.05, 0) is 31.0 Å². The van der Waals surface area contributed by atoms with Gasteiger partial charge in [-0.1, -0.05) is 17.4 Å². The van der Waals surface area contributed by atoms with E-state index in [9.17, 15) is 4.79 Å². The summed E-state index contributed by atoms with van der Waals surface area (Å²) in [6, 6.07) is 5.87. The topological polar surface area (TPSA) is 56.2 Å². The van der Waals surface area contributed by atoms with Crippen LogP contribution in [0.2, 0.25) is 0 Å². The van der Waals surface area contributed by atoms with Crippen LogP contribution in [0, 0.1) is 0 Å². The van der Waals surface area contributed by atoms with Gasteiger partial charge >= 0.3 is 4.94 Å². The smallest absolute Gasteiger partial charge is 0.396 e. The van der Waals surface area contributed by atoms with Crippen LogP contribution in [0.15, 0.2) is 27.4 Å². The predicted molar refractivity (Wildman–Crippen MR) is 57.7 cm³/mol. The van der Waals surface area contributed by atoms with Crippen molar-refractivity contribution < 1.29 is 4.42 Å². The summed E-state index contributed by atoms with van der Waals surface area (Å²) >= 11 is 1.13. The fourth-order valence-corrected chi connectivity index (χ4v) is 2.15. The SMILES string of the molecule is CC(N)Cc1ccc2oc(=O)sc2c1. The van der Waals surface area contributed by atoms with E-state index in [2.05, 4.69) is 0 Å². The summed E-state index contributed by atoms with van der Waals surface area (Å²) < 4.78 is 5.86.